The Balaban J connectivity index is 2.05. The molecule has 0 aliphatic carbocycles. The molecule has 0 radical (unpaired) electrons. The molecule has 1 atom stereocenters. The number of hydrogen-bond acceptors (Lipinski definition) is 4. The van der Waals surface area contributed by atoms with Crippen LogP contribution in [0, 0.1) is 6.92 Å². The molecular formula is C13H25N3S. The van der Waals surface area contributed by atoms with E-state index in [0.29, 0.717) is 0 Å². The average molecular weight is 255 g/mol. The first-order valence-electron chi connectivity index (χ1n) is 6.80. The molecule has 1 unspecified atom stereocenters. The molecule has 98 valence electrons. The molecule has 1 aromatic rings. The number of hydrogen-bond donors (Lipinski definition) is 1. The first-order chi connectivity index (χ1) is 8.25. The Morgan fingerprint density at radius 1 is 1.12 bits per heavy atom. The molecule has 0 amide bonds. The van der Waals surface area contributed by atoms with Crippen molar-refractivity contribution in [2.75, 3.05) is 0 Å². The fourth-order valence-corrected chi connectivity index (χ4v) is 2.71. The van der Waals surface area contributed by atoms with E-state index in [-0.39, 0.29) is 6.04 Å². The summed E-state index contributed by atoms with van der Waals surface area (Å²) in [5.74, 6) is 0. The highest BCUT2D eigenvalue weighted by molar-refractivity contribution is 7.05. The van der Waals surface area contributed by atoms with Gasteiger partial charge in [0, 0.05) is 6.04 Å². The van der Waals surface area contributed by atoms with Gasteiger partial charge in [0.05, 0.1) is 10.6 Å². The number of aromatic nitrogens is 2. The van der Waals surface area contributed by atoms with Gasteiger partial charge in [0.1, 0.15) is 0 Å². The van der Waals surface area contributed by atoms with E-state index < -0.39 is 0 Å². The minimum absolute atomic E-state index is 0.144. The van der Waals surface area contributed by atoms with Crippen LogP contribution in [0.4, 0.5) is 0 Å². The molecule has 0 bridgehead atoms. The average Bonchev–Trinajstić information content (AvgIpc) is 2.74. The van der Waals surface area contributed by atoms with Crippen LogP contribution in [0.5, 0.6) is 0 Å². The summed E-state index contributed by atoms with van der Waals surface area (Å²) in [6.07, 6.45) is 10.4. The van der Waals surface area contributed by atoms with E-state index in [4.69, 9.17) is 5.73 Å². The third-order valence-corrected chi connectivity index (χ3v) is 4.10. The third kappa shape index (κ3) is 5.59. The molecule has 3 nitrogen and oxygen atoms in total. The van der Waals surface area contributed by atoms with Crippen LogP contribution >= 0.6 is 11.5 Å². The highest BCUT2D eigenvalue weighted by Crippen LogP contribution is 2.22. The Morgan fingerprint density at radius 2 is 1.76 bits per heavy atom. The molecule has 1 heterocycles. The molecule has 1 aromatic heterocycles. The Morgan fingerprint density at radius 3 is 2.35 bits per heavy atom. The summed E-state index contributed by atoms with van der Waals surface area (Å²) in [6, 6.07) is 0.144. The topological polar surface area (TPSA) is 51.8 Å². The van der Waals surface area contributed by atoms with Crippen LogP contribution in [0.2, 0.25) is 0 Å². The van der Waals surface area contributed by atoms with Gasteiger partial charge >= 0.3 is 0 Å². The van der Waals surface area contributed by atoms with Crippen LogP contribution in [0.25, 0.3) is 0 Å². The van der Waals surface area contributed by atoms with Crippen LogP contribution in [0.15, 0.2) is 0 Å². The lowest BCUT2D eigenvalue weighted by Gasteiger charge is -2.09. The van der Waals surface area contributed by atoms with Crippen molar-refractivity contribution in [3.05, 3.63) is 10.6 Å². The summed E-state index contributed by atoms with van der Waals surface area (Å²) < 4.78 is 3.93. The lowest BCUT2D eigenvalue weighted by molar-refractivity contribution is 0.543. The predicted molar refractivity (Wildman–Crippen MR) is 74.2 cm³/mol. The van der Waals surface area contributed by atoms with Gasteiger partial charge < -0.3 is 5.73 Å². The van der Waals surface area contributed by atoms with Crippen molar-refractivity contribution >= 4 is 11.5 Å². The second-order valence-corrected chi connectivity index (χ2v) is 5.52. The van der Waals surface area contributed by atoms with Crippen molar-refractivity contribution in [1.29, 1.82) is 0 Å². The Kier molecular flexibility index (Phi) is 7.37. The Bertz CT molecular complexity index is 299. The van der Waals surface area contributed by atoms with Crippen molar-refractivity contribution in [3.63, 3.8) is 0 Å². The first-order valence-corrected chi connectivity index (χ1v) is 7.57. The second kappa shape index (κ2) is 8.59. The molecule has 1 rings (SSSR count). The van der Waals surface area contributed by atoms with Gasteiger partial charge in [0.15, 0.2) is 0 Å². The summed E-state index contributed by atoms with van der Waals surface area (Å²) in [7, 11) is 0. The van der Waals surface area contributed by atoms with Gasteiger partial charge in [-0.3, -0.25) is 0 Å². The highest BCUT2D eigenvalue weighted by atomic mass is 32.1. The van der Waals surface area contributed by atoms with Crippen LogP contribution in [-0.2, 0) is 0 Å². The van der Waals surface area contributed by atoms with E-state index >= 15 is 0 Å². The fourth-order valence-electron chi connectivity index (χ4n) is 2.03. The summed E-state index contributed by atoms with van der Waals surface area (Å²) in [4.78, 5) is 1.16. The SMILES string of the molecule is CCCCCCCCCC(N)c1snnc1C. The van der Waals surface area contributed by atoms with Gasteiger partial charge in [-0.15, -0.1) is 5.10 Å². The zero-order valence-electron chi connectivity index (χ0n) is 11.1. The zero-order valence-corrected chi connectivity index (χ0v) is 11.9. The molecular weight excluding hydrogens is 230 g/mol. The summed E-state index contributed by atoms with van der Waals surface area (Å²) in [5, 5.41) is 4.00. The highest BCUT2D eigenvalue weighted by Gasteiger charge is 2.11. The van der Waals surface area contributed by atoms with E-state index in [2.05, 4.69) is 16.5 Å². The molecule has 4 heteroatoms. The van der Waals surface area contributed by atoms with Crippen molar-refractivity contribution in [1.82, 2.24) is 9.59 Å². The maximum absolute atomic E-state index is 6.13. The van der Waals surface area contributed by atoms with Crippen molar-refractivity contribution in [2.24, 2.45) is 5.73 Å². The van der Waals surface area contributed by atoms with E-state index in [1.807, 2.05) is 6.92 Å². The zero-order chi connectivity index (χ0) is 12.5. The van der Waals surface area contributed by atoms with E-state index in [9.17, 15) is 0 Å². The van der Waals surface area contributed by atoms with Gasteiger partial charge in [-0.1, -0.05) is 56.4 Å². The molecule has 0 aliphatic rings. The summed E-state index contributed by atoms with van der Waals surface area (Å²) >= 11 is 1.45. The van der Waals surface area contributed by atoms with Crippen molar-refractivity contribution in [3.8, 4) is 0 Å². The molecule has 2 N–H and O–H groups in total. The first kappa shape index (κ1) is 14.6. The number of nitrogens with zero attached hydrogens (tertiary/aromatic N) is 2. The van der Waals surface area contributed by atoms with Crippen LogP contribution in [0.3, 0.4) is 0 Å². The molecule has 0 aliphatic heterocycles. The smallest absolute Gasteiger partial charge is 0.0772 e. The Labute approximate surface area is 109 Å². The Hall–Kier alpha value is -0.480. The number of nitrogens with two attached hydrogens (primary N) is 1. The monoisotopic (exact) mass is 255 g/mol. The molecule has 0 saturated heterocycles. The minimum atomic E-state index is 0.144. The van der Waals surface area contributed by atoms with Crippen LogP contribution < -0.4 is 5.73 Å². The van der Waals surface area contributed by atoms with Crippen molar-refractivity contribution < 1.29 is 0 Å². The lowest BCUT2D eigenvalue weighted by atomic mass is 10.0. The molecule has 0 aromatic carbocycles. The quantitative estimate of drug-likeness (QED) is 0.679. The normalized spacial score (nSPS) is 12.9. The van der Waals surface area contributed by atoms with E-state index in [1.54, 1.807) is 0 Å². The maximum atomic E-state index is 6.13. The minimum Gasteiger partial charge on any atom is -0.323 e. The van der Waals surface area contributed by atoms with Crippen LogP contribution in [-0.4, -0.2) is 9.59 Å². The van der Waals surface area contributed by atoms with Crippen LogP contribution in [0.1, 0.15) is 74.9 Å². The fraction of sp³-hybridized carbons (Fsp3) is 0.846. The van der Waals surface area contributed by atoms with Gasteiger partial charge in [-0.2, -0.15) is 0 Å². The second-order valence-electron chi connectivity index (χ2n) is 4.74. The van der Waals surface area contributed by atoms with Crippen molar-refractivity contribution in [2.45, 2.75) is 71.3 Å². The molecule has 17 heavy (non-hydrogen) atoms. The largest absolute Gasteiger partial charge is 0.323 e. The summed E-state index contributed by atoms with van der Waals surface area (Å²) in [5.41, 5.74) is 7.14. The number of unbranched alkanes of at least 4 members (excludes halogenated alkanes) is 6. The van der Waals surface area contributed by atoms with Gasteiger partial charge in [-0.25, -0.2) is 0 Å². The molecule has 0 saturated carbocycles. The summed E-state index contributed by atoms with van der Waals surface area (Å²) in [6.45, 7) is 4.24. The van der Waals surface area contributed by atoms with Gasteiger partial charge in [0.2, 0.25) is 0 Å². The maximum Gasteiger partial charge on any atom is 0.0772 e. The van der Waals surface area contributed by atoms with Gasteiger partial charge in [0.25, 0.3) is 0 Å². The predicted octanol–water partition coefficient (Wildman–Crippen LogP) is 3.99. The standard InChI is InChI=1S/C13H25N3S/c1-3-4-5-6-7-8-9-10-12(14)13-11(2)15-16-17-13/h12H,3-10,14H2,1-2H3. The number of aryl methyl sites for hydroxylation is 1. The molecule has 0 spiro atoms. The van der Waals surface area contributed by atoms with E-state index in [0.717, 1.165) is 17.0 Å². The third-order valence-electron chi connectivity index (χ3n) is 3.14. The molecule has 0 fully saturated rings. The van der Waals surface area contributed by atoms with E-state index in [1.165, 1.54) is 56.5 Å². The van der Waals surface area contributed by atoms with Gasteiger partial charge in [-0.05, 0) is 24.9 Å². The number of rotatable bonds is 9. The lowest BCUT2D eigenvalue weighted by Crippen LogP contribution is -2.09.